The third-order valence-electron chi connectivity index (χ3n) is 4.36. The van der Waals surface area contributed by atoms with E-state index >= 15 is 0 Å². The summed E-state index contributed by atoms with van der Waals surface area (Å²) >= 11 is 3.27. The van der Waals surface area contributed by atoms with Crippen LogP contribution in [-0.4, -0.2) is 57.2 Å². The van der Waals surface area contributed by atoms with Gasteiger partial charge in [-0.05, 0) is 29.2 Å². The SMILES string of the molecule is CCSC(SCC)[C@@H](OC(=O)c1ccccc1)[C@H](OCc1ccccc1)[C@H](O)CO. The number of benzene rings is 2. The highest BCUT2D eigenvalue weighted by molar-refractivity contribution is 8.17. The number of rotatable bonds is 13. The Morgan fingerprint density at radius 3 is 2.03 bits per heavy atom. The molecule has 0 heterocycles. The van der Waals surface area contributed by atoms with Crippen molar-refractivity contribution in [3.8, 4) is 0 Å². The highest BCUT2D eigenvalue weighted by Gasteiger charge is 2.38. The number of esters is 1. The maximum absolute atomic E-state index is 12.8. The minimum Gasteiger partial charge on any atom is -0.454 e. The van der Waals surface area contributed by atoms with Gasteiger partial charge in [-0.25, -0.2) is 4.79 Å². The van der Waals surface area contributed by atoms with Gasteiger partial charge >= 0.3 is 5.97 Å². The minimum atomic E-state index is -1.18. The minimum absolute atomic E-state index is 0.144. The molecular formula is C23H30O5S2. The van der Waals surface area contributed by atoms with E-state index in [2.05, 4.69) is 0 Å². The summed E-state index contributed by atoms with van der Waals surface area (Å²) in [6.45, 7) is 3.82. The maximum Gasteiger partial charge on any atom is 0.338 e. The van der Waals surface area contributed by atoms with Gasteiger partial charge in [0.05, 0.1) is 23.4 Å². The normalized spacial score (nSPS) is 14.3. The molecule has 2 N–H and O–H groups in total. The van der Waals surface area contributed by atoms with Gasteiger partial charge in [0.15, 0.2) is 6.10 Å². The first-order valence-corrected chi connectivity index (χ1v) is 12.1. The zero-order valence-corrected chi connectivity index (χ0v) is 19.0. The highest BCUT2D eigenvalue weighted by Crippen LogP contribution is 2.33. The Morgan fingerprint density at radius 2 is 1.50 bits per heavy atom. The van der Waals surface area contributed by atoms with Crippen molar-refractivity contribution >= 4 is 29.5 Å². The zero-order valence-electron chi connectivity index (χ0n) is 17.3. The van der Waals surface area contributed by atoms with E-state index in [1.807, 2.05) is 50.2 Å². The fourth-order valence-electron chi connectivity index (χ4n) is 2.91. The maximum atomic E-state index is 12.8. The smallest absolute Gasteiger partial charge is 0.338 e. The monoisotopic (exact) mass is 450 g/mol. The topological polar surface area (TPSA) is 76.0 Å². The van der Waals surface area contributed by atoms with Gasteiger partial charge in [-0.15, -0.1) is 23.5 Å². The van der Waals surface area contributed by atoms with Crippen LogP contribution in [0.1, 0.15) is 29.8 Å². The number of aliphatic hydroxyl groups is 2. The Hall–Kier alpha value is -1.51. The van der Waals surface area contributed by atoms with Crippen LogP contribution in [0.25, 0.3) is 0 Å². The second kappa shape index (κ2) is 13.7. The van der Waals surface area contributed by atoms with Gasteiger partial charge in [-0.2, -0.15) is 0 Å². The van der Waals surface area contributed by atoms with E-state index < -0.39 is 30.9 Å². The molecule has 5 nitrogen and oxygen atoms in total. The second-order valence-corrected chi connectivity index (χ2v) is 9.66. The molecule has 2 rings (SSSR count). The standard InChI is InChI=1S/C23H30O5S2/c1-3-29-23(30-4-2)21(28-22(26)18-13-9-6-10-14-18)20(19(25)15-24)27-16-17-11-7-5-8-12-17/h5-14,19-21,23-25H,3-4,15-16H2,1-2H3/t19-,20-,21+/m1/s1. The molecule has 30 heavy (non-hydrogen) atoms. The van der Waals surface area contributed by atoms with Gasteiger partial charge in [-0.1, -0.05) is 62.4 Å². The lowest BCUT2D eigenvalue weighted by molar-refractivity contribution is -0.117. The Labute approximate surface area is 187 Å². The molecule has 0 radical (unpaired) electrons. The van der Waals surface area contributed by atoms with Crippen LogP contribution in [0.4, 0.5) is 0 Å². The van der Waals surface area contributed by atoms with E-state index in [9.17, 15) is 15.0 Å². The number of thioether (sulfide) groups is 2. The largest absolute Gasteiger partial charge is 0.454 e. The van der Waals surface area contributed by atoms with Crippen LogP contribution in [0.2, 0.25) is 0 Å². The van der Waals surface area contributed by atoms with Crippen molar-refractivity contribution in [1.29, 1.82) is 0 Å². The fraction of sp³-hybridized carbons (Fsp3) is 0.435. The molecule has 0 spiro atoms. The average Bonchev–Trinajstić information content (AvgIpc) is 2.79. The molecule has 0 aliphatic carbocycles. The first kappa shape index (κ1) is 24.8. The molecule has 0 aromatic heterocycles. The summed E-state index contributed by atoms with van der Waals surface area (Å²) in [5.41, 5.74) is 1.37. The molecule has 2 aromatic carbocycles. The molecule has 0 aliphatic rings. The number of hydrogen-bond donors (Lipinski definition) is 2. The van der Waals surface area contributed by atoms with Gasteiger partial charge in [0, 0.05) is 0 Å². The summed E-state index contributed by atoms with van der Waals surface area (Å²) in [6.07, 6.45) is -2.79. The molecule has 3 atom stereocenters. The summed E-state index contributed by atoms with van der Waals surface area (Å²) in [4.78, 5) is 12.8. The molecule has 0 amide bonds. The van der Waals surface area contributed by atoms with Crippen molar-refractivity contribution in [1.82, 2.24) is 0 Å². The Balaban J connectivity index is 2.28. The van der Waals surface area contributed by atoms with Crippen molar-refractivity contribution < 1.29 is 24.5 Å². The van der Waals surface area contributed by atoms with Crippen molar-refractivity contribution in [2.75, 3.05) is 18.1 Å². The van der Waals surface area contributed by atoms with Gasteiger partial charge in [0.2, 0.25) is 0 Å². The lowest BCUT2D eigenvalue weighted by atomic mass is 10.1. The Morgan fingerprint density at radius 1 is 0.933 bits per heavy atom. The van der Waals surface area contributed by atoms with Crippen molar-refractivity contribution in [3.63, 3.8) is 0 Å². The van der Waals surface area contributed by atoms with Crippen LogP contribution >= 0.6 is 23.5 Å². The van der Waals surface area contributed by atoms with Gasteiger partial charge in [-0.3, -0.25) is 0 Å². The van der Waals surface area contributed by atoms with E-state index in [1.165, 1.54) is 0 Å². The van der Waals surface area contributed by atoms with E-state index in [4.69, 9.17) is 9.47 Å². The van der Waals surface area contributed by atoms with Crippen LogP contribution in [0.3, 0.4) is 0 Å². The summed E-state index contributed by atoms with van der Waals surface area (Å²) < 4.78 is 11.8. The predicted molar refractivity (Wildman–Crippen MR) is 124 cm³/mol. The van der Waals surface area contributed by atoms with Gasteiger partial charge in [0.25, 0.3) is 0 Å². The quantitative estimate of drug-likeness (QED) is 0.353. The zero-order chi connectivity index (χ0) is 21.8. The summed E-state index contributed by atoms with van der Waals surface area (Å²) in [7, 11) is 0. The molecule has 0 aliphatic heterocycles. The molecule has 0 unspecified atom stereocenters. The van der Waals surface area contributed by atoms with Crippen LogP contribution < -0.4 is 0 Å². The molecule has 0 saturated carbocycles. The summed E-state index contributed by atoms with van der Waals surface area (Å²) in [6, 6.07) is 18.3. The number of hydrogen-bond acceptors (Lipinski definition) is 7. The second-order valence-electron chi connectivity index (χ2n) is 6.53. The third-order valence-corrected chi connectivity index (χ3v) is 7.03. The Kier molecular flexibility index (Phi) is 11.3. The summed E-state index contributed by atoms with van der Waals surface area (Å²) in [5, 5.41) is 20.2. The van der Waals surface area contributed by atoms with Crippen molar-refractivity contribution in [2.45, 2.75) is 43.3 Å². The molecule has 0 bridgehead atoms. The van der Waals surface area contributed by atoms with E-state index in [0.717, 1.165) is 17.1 Å². The van der Waals surface area contributed by atoms with Crippen molar-refractivity contribution in [3.05, 3.63) is 71.8 Å². The van der Waals surface area contributed by atoms with Gasteiger partial charge in [0.1, 0.15) is 12.2 Å². The first-order valence-electron chi connectivity index (χ1n) is 10.0. The third kappa shape index (κ3) is 7.63. The molecule has 164 valence electrons. The highest BCUT2D eigenvalue weighted by atomic mass is 32.2. The van der Waals surface area contributed by atoms with E-state index in [-0.39, 0.29) is 11.2 Å². The van der Waals surface area contributed by atoms with Crippen LogP contribution in [-0.2, 0) is 16.1 Å². The number of carbonyl (C=O) groups excluding carboxylic acids is 1. The van der Waals surface area contributed by atoms with E-state index in [0.29, 0.717) is 5.56 Å². The van der Waals surface area contributed by atoms with Gasteiger partial charge < -0.3 is 19.7 Å². The number of ether oxygens (including phenoxy) is 2. The van der Waals surface area contributed by atoms with Crippen LogP contribution in [0, 0.1) is 0 Å². The number of aliphatic hydroxyl groups excluding tert-OH is 2. The molecule has 2 aromatic rings. The molecule has 7 heteroatoms. The summed E-state index contributed by atoms with van der Waals surface area (Å²) in [5.74, 6) is 1.16. The van der Waals surface area contributed by atoms with Crippen LogP contribution in [0.5, 0.6) is 0 Å². The lowest BCUT2D eigenvalue weighted by Crippen LogP contribution is -2.48. The van der Waals surface area contributed by atoms with Crippen LogP contribution in [0.15, 0.2) is 60.7 Å². The lowest BCUT2D eigenvalue weighted by Gasteiger charge is -2.34. The molecular weight excluding hydrogens is 420 g/mol. The predicted octanol–water partition coefficient (Wildman–Crippen LogP) is 3.98. The number of carbonyl (C=O) groups is 1. The molecule has 0 saturated heterocycles. The molecule has 0 fully saturated rings. The Bertz CT molecular complexity index is 723. The first-order chi connectivity index (χ1) is 14.6. The van der Waals surface area contributed by atoms with Crippen molar-refractivity contribution in [2.24, 2.45) is 0 Å². The average molecular weight is 451 g/mol. The fourth-order valence-corrected chi connectivity index (χ4v) is 5.56. The van der Waals surface area contributed by atoms with E-state index in [1.54, 1.807) is 47.8 Å².